The van der Waals surface area contributed by atoms with Crippen molar-refractivity contribution in [3.05, 3.63) is 0 Å². The van der Waals surface area contributed by atoms with Crippen molar-refractivity contribution in [1.82, 2.24) is 10.2 Å². The van der Waals surface area contributed by atoms with E-state index >= 15 is 0 Å². The van der Waals surface area contributed by atoms with Gasteiger partial charge in [-0.1, -0.05) is 20.8 Å². The summed E-state index contributed by atoms with van der Waals surface area (Å²) in [6.45, 7) is 14.7. The quantitative estimate of drug-likeness (QED) is 0.858. The molecule has 0 aromatic heterocycles. The normalized spacial score (nSPS) is 31.2. The van der Waals surface area contributed by atoms with Gasteiger partial charge in [-0.05, 0) is 43.9 Å². The van der Waals surface area contributed by atoms with Crippen molar-refractivity contribution >= 4 is 0 Å². The number of nitrogens with one attached hydrogen (secondary N) is 1. The van der Waals surface area contributed by atoms with Crippen molar-refractivity contribution in [2.45, 2.75) is 65.5 Å². The molecule has 1 saturated heterocycles. The summed E-state index contributed by atoms with van der Waals surface area (Å²) < 4.78 is 5.41. The smallest absolute Gasteiger partial charge is 0.0594 e. The Bertz CT molecular complexity index is 273. The molecule has 3 heteroatoms. The van der Waals surface area contributed by atoms with Gasteiger partial charge in [0.15, 0.2) is 0 Å². The topological polar surface area (TPSA) is 24.5 Å². The second-order valence-electron chi connectivity index (χ2n) is 7.90. The molecule has 1 N–H and O–H groups in total. The predicted octanol–water partition coefficient (Wildman–Crippen LogP) is 2.90. The van der Waals surface area contributed by atoms with E-state index in [1.54, 1.807) is 0 Å². The van der Waals surface area contributed by atoms with Gasteiger partial charge in [-0.25, -0.2) is 0 Å². The minimum atomic E-state index is 0.490. The average Bonchev–Trinajstić information content (AvgIpc) is 2.39. The van der Waals surface area contributed by atoms with Crippen molar-refractivity contribution in [2.75, 3.05) is 32.8 Å². The van der Waals surface area contributed by atoms with Crippen LogP contribution >= 0.6 is 0 Å². The molecule has 1 atom stereocenters. The van der Waals surface area contributed by atoms with Crippen LogP contribution in [0.5, 0.6) is 0 Å². The molecule has 1 aliphatic heterocycles. The Morgan fingerprint density at radius 1 is 1.10 bits per heavy atom. The van der Waals surface area contributed by atoms with Crippen LogP contribution in [0.1, 0.15) is 53.4 Å². The van der Waals surface area contributed by atoms with E-state index in [4.69, 9.17) is 4.74 Å². The lowest BCUT2D eigenvalue weighted by Crippen LogP contribution is -2.48. The molecule has 20 heavy (non-hydrogen) atoms. The molecule has 0 spiro atoms. The monoisotopic (exact) mass is 282 g/mol. The van der Waals surface area contributed by atoms with Gasteiger partial charge in [-0.2, -0.15) is 0 Å². The molecule has 0 aromatic carbocycles. The zero-order valence-corrected chi connectivity index (χ0v) is 14.0. The van der Waals surface area contributed by atoms with Crippen molar-refractivity contribution in [3.8, 4) is 0 Å². The van der Waals surface area contributed by atoms with Crippen LogP contribution in [0, 0.1) is 11.3 Å². The highest BCUT2D eigenvalue weighted by Crippen LogP contribution is 2.37. The van der Waals surface area contributed by atoms with Crippen molar-refractivity contribution in [2.24, 2.45) is 11.3 Å². The number of nitrogens with zero attached hydrogens (tertiary/aromatic N) is 1. The zero-order valence-electron chi connectivity index (χ0n) is 14.0. The van der Waals surface area contributed by atoms with Crippen LogP contribution in [0.15, 0.2) is 0 Å². The average molecular weight is 282 g/mol. The van der Waals surface area contributed by atoms with E-state index < -0.39 is 0 Å². The van der Waals surface area contributed by atoms with Gasteiger partial charge in [0.2, 0.25) is 0 Å². The first-order valence-corrected chi connectivity index (χ1v) is 8.51. The molecule has 0 radical (unpaired) electrons. The van der Waals surface area contributed by atoms with E-state index in [1.807, 2.05) is 0 Å². The van der Waals surface area contributed by atoms with Gasteiger partial charge >= 0.3 is 0 Å². The first-order chi connectivity index (χ1) is 9.45. The largest absolute Gasteiger partial charge is 0.379 e. The number of hydrogen-bond acceptors (Lipinski definition) is 3. The summed E-state index contributed by atoms with van der Waals surface area (Å²) in [5.74, 6) is 0.912. The zero-order chi connectivity index (χ0) is 14.6. The third kappa shape index (κ3) is 5.01. The molecular formula is C17H34N2O. The highest BCUT2D eigenvalue weighted by atomic mass is 16.5. The fraction of sp³-hybridized carbons (Fsp3) is 1.00. The maximum atomic E-state index is 5.41. The van der Waals surface area contributed by atoms with Crippen LogP contribution in [0.2, 0.25) is 0 Å². The van der Waals surface area contributed by atoms with Crippen LogP contribution in [-0.2, 0) is 4.74 Å². The summed E-state index contributed by atoms with van der Waals surface area (Å²) in [5.41, 5.74) is 0.490. The second kappa shape index (κ2) is 7.24. The van der Waals surface area contributed by atoms with Gasteiger partial charge in [0.25, 0.3) is 0 Å². The Labute approximate surface area is 125 Å². The summed E-state index contributed by atoms with van der Waals surface area (Å²) in [5, 5.41) is 3.86. The van der Waals surface area contributed by atoms with E-state index in [2.05, 4.69) is 37.9 Å². The lowest BCUT2D eigenvalue weighted by atomic mass is 9.71. The molecule has 1 heterocycles. The molecule has 0 bridgehead atoms. The van der Waals surface area contributed by atoms with Gasteiger partial charge < -0.3 is 10.1 Å². The van der Waals surface area contributed by atoms with E-state index in [0.717, 1.165) is 38.3 Å². The molecule has 118 valence electrons. The maximum Gasteiger partial charge on any atom is 0.0594 e. The number of morpholine rings is 1. The van der Waals surface area contributed by atoms with E-state index in [0.29, 0.717) is 11.5 Å². The molecule has 0 aromatic rings. The Morgan fingerprint density at radius 3 is 2.25 bits per heavy atom. The minimum Gasteiger partial charge on any atom is -0.379 e. The lowest BCUT2D eigenvalue weighted by Gasteiger charge is -2.38. The Hall–Kier alpha value is -0.120. The first-order valence-electron chi connectivity index (χ1n) is 8.51. The van der Waals surface area contributed by atoms with E-state index in [1.165, 1.54) is 32.2 Å². The molecule has 1 saturated carbocycles. The highest BCUT2D eigenvalue weighted by molar-refractivity contribution is 4.85. The summed E-state index contributed by atoms with van der Waals surface area (Å²) in [6, 6.07) is 1.34. The molecule has 2 aliphatic rings. The summed E-state index contributed by atoms with van der Waals surface area (Å²) >= 11 is 0. The predicted molar refractivity (Wildman–Crippen MR) is 85.1 cm³/mol. The summed E-state index contributed by atoms with van der Waals surface area (Å²) in [6.07, 6.45) is 5.50. The van der Waals surface area contributed by atoms with Gasteiger partial charge in [0.1, 0.15) is 0 Å². The van der Waals surface area contributed by atoms with Crippen LogP contribution in [0.4, 0.5) is 0 Å². The minimum absolute atomic E-state index is 0.490. The summed E-state index contributed by atoms with van der Waals surface area (Å²) in [4.78, 5) is 2.53. The molecule has 1 aliphatic carbocycles. The van der Waals surface area contributed by atoms with Crippen molar-refractivity contribution in [1.29, 1.82) is 0 Å². The maximum absolute atomic E-state index is 5.41. The third-order valence-corrected chi connectivity index (χ3v) is 5.11. The van der Waals surface area contributed by atoms with Crippen LogP contribution < -0.4 is 5.32 Å². The second-order valence-corrected chi connectivity index (χ2v) is 7.90. The summed E-state index contributed by atoms with van der Waals surface area (Å²) in [7, 11) is 0. The van der Waals surface area contributed by atoms with Crippen LogP contribution in [-0.4, -0.2) is 49.8 Å². The Morgan fingerprint density at radius 2 is 1.70 bits per heavy atom. The van der Waals surface area contributed by atoms with Crippen LogP contribution in [0.25, 0.3) is 0 Å². The highest BCUT2D eigenvalue weighted by Gasteiger charge is 2.30. The van der Waals surface area contributed by atoms with Gasteiger partial charge in [0.05, 0.1) is 13.2 Å². The van der Waals surface area contributed by atoms with Crippen LogP contribution in [0.3, 0.4) is 0 Å². The van der Waals surface area contributed by atoms with Gasteiger partial charge in [-0.15, -0.1) is 0 Å². The number of hydrogen-bond donors (Lipinski definition) is 1. The molecule has 0 amide bonds. The standard InChI is InChI=1S/C17H34N2O/c1-14(13-19-9-11-20-12-10-19)18-16-7-5-15(6-8-16)17(2,3)4/h14-16,18H,5-13H2,1-4H3. The third-order valence-electron chi connectivity index (χ3n) is 5.11. The molecular weight excluding hydrogens is 248 g/mol. The fourth-order valence-electron chi connectivity index (χ4n) is 3.75. The lowest BCUT2D eigenvalue weighted by molar-refractivity contribution is 0.0332. The first kappa shape index (κ1) is 16.3. The van der Waals surface area contributed by atoms with Gasteiger partial charge in [-0.3, -0.25) is 4.90 Å². The molecule has 2 fully saturated rings. The fourth-order valence-corrected chi connectivity index (χ4v) is 3.75. The Kier molecular flexibility index (Phi) is 5.88. The molecule has 3 nitrogen and oxygen atoms in total. The molecule has 1 unspecified atom stereocenters. The van der Waals surface area contributed by atoms with Gasteiger partial charge in [0, 0.05) is 31.7 Å². The van der Waals surface area contributed by atoms with E-state index in [-0.39, 0.29) is 0 Å². The number of ether oxygens (including phenoxy) is 1. The van der Waals surface area contributed by atoms with Crippen molar-refractivity contribution < 1.29 is 4.74 Å². The Balaban J connectivity index is 1.66. The SMILES string of the molecule is CC(CN1CCOCC1)NC1CCC(C(C)(C)C)CC1. The molecule has 2 rings (SSSR count). The van der Waals surface area contributed by atoms with E-state index in [9.17, 15) is 0 Å². The number of rotatable bonds is 4. The van der Waals surface area contributed by atoms with Crippen molar-refractivity contribution in [3.63, 3.8) is 0 Å².